The maximum atomic E-state index is 12.8. The van der Waals surface area contributed by atoms with Crippen LogP contribution in [0.5, 0.6) is 5.75 Å². The van der Waals surface area contributed by atoms with Gasteiger partial charge in [0.2, 0.25) is 0 Å². The van der Waals surface area contributed by atoms with Gasteiger partial charge in [-0.3, -0.25) is 4.72 Å². The molecule has 148 valence electrons. The fourth-order valence-electron chi connectivity index (χ4n) is 2.25. The number of allylic oxidation sites excluding steroid dienone is 3. The zero-order chi connectivity index (χ0) is 20.0. The molecule has 2 rings (SSSR count). The Morgan fingerprint density at radius 2 is 2.04 bits per heavy atom. The lowest BCUT2D eigenvalue weighted by Gasteiger charge is -2.26. The summed E-state index contributed by atoms with van der Waals surface area (Å²) in [5.41, 5.74) is 1.43. The molecule has 0 saturated carbocycles. The Hall–Kier alpha value is -1.93. The molecule has 0 spiro atoms. The van der Waals surface area contributed by atoms with Crippen LogP contribution < -0.4 is 9.46 Å². The maximum Gasteiger partial charge on any atom is 0.341 e. The fraction of sp³-hybridized carbons (Fsp3) is 0.421. The first kappa shape index (κ1) is 21.4. The molecule has 1 fully saturated rings. The number of benzene rings is 1. The Morgan fingerprint density at radius 3 is 2.56 bits per heavy atom. The van der Waals surface area contributed by atoms with Crippen LogP contribution in [-0.4, -0.2) is 39.1 Å². The van der Waals surface area contributed by atoms with Gasteiger partial charge in [-0.25, -0.2) is 13.2 Å². The molecule has 1 aliphatic heterocycles. The lowest BCUT2D eigenvalue weighted by Crippen LogP contribution is -2.31. The molecule has 0 aromatic heterocycles. The molecule has 1 aliphatic rings. The van der Waals surface area contributed by atoms with Gasteiger partial charge in [0.25, 0.3) is 10.0 Å². The van der Waals surface area contributed by atoms with Gasteiger partial charge in [0.15, 0.2) is 0 Å². The highest BCUT2D eigenvalue weighted by molar-refractivity contribution is 8.00. The molecule has 0 amide bonds. The van der Waals surface area contributed by atoms with Crippen LogP contribution in [0.2, 0.25) is 0 Å². The average Bonchev–Trinajstić information content (AvgIpc) is 2.60. The van der Waals surface area contributed by atoms with E-state index in [1.54, 1.807) is 17.8 Å². The van der Waals surface area contributed by atoms with Crippen molar-refractivity contribution in [2.45, 2.75) is 38.2 Å². The van der Waals surface area contributed by atoms with Crippen LogP contribution in [0.15, 0.2) is 46.5 Å². The quantitative estimate of drug-likeness (QED) is 0.521. The molecule has 1 N–H and O–H groups in total. The summed E-state index contributed by atoms with van der Waals surface area (Å²) in [7, 11) is -2.61. The molecule has 0 unspecified atom stereocenters. The number of hydrogen-bond donors (Lipinski definition) is 1. The molecule has 0 aliphatic carbocycles. The lowest BCUT2D eigenvalue weighted by molar-refractivity contribution is 0.0594. The lowest BCUT2D eigenvalue weighted by atomic mass is 10.2. The van der Waals surface area contributed by atoms with Crippen LogP contribution in [0.4, 0.5) is 0 Å². The van der Waals surface area contributed by atoms with Gasteiger partial charge in [-0.1, -0.05) is 18.6 Å². The highest BCUT2D eigenvalue weighted by atomic mass is 32.2. The minimum absolute atomic E-state index is 0.0236. The maximum absolute atomic E-state index is 12.8. The van der Waals surface area contributed by atoms with Crippen molar-refractivity contribution in [3.63, 3.8) is 0 Å². The van der Waals surface area contributed by atoms with Crippen LogP contribution in [0, 0.1) is 0 Å². The van der Waals surface area contributed by atoms with Crippen molar-refractivity contribution in [3.05, 3.63) is 47.2 Å². The Balaban J connectivity index is 2.36. The SMILES string of the molecule is CC/C=C\C(NS(=O)(=O)c1ccc(OC2CSC2)c(C(=O)OC)c1)=C(C)C. The smallest absolute Gasteiger partial charge is 0.341 e. The summed E-state index contributed by atoms with van der Waals surface area (Å²) >= 11 is 1.75. The predicted octanol–water partition coefficient (Wildman–Crippen LogP) is 3.51. The summed E-state index contributed by atoms with van der Waals surface area (Å²) in [5.74, 6) is 1.38. The van der Waals surface area contributed by atoms with E-state index in [1.807, 2.05) is 26.8 Å². The number of ether oxygens (including phenoxy) is 2. The van der Waals surface area contributed by atoms with Crippen molar-refractivity contribution in [2.75, 3.05) is 18.6 Å². The van der Waals surface area contributed by atoms with Crippen molar-refractivity contribution < 1.29 is 22.7 Å². The summed E-state index contributed by atoms with van der Waals surface area (Å²) in [6.07, 6.45) is 4.42. The van der Waals surface area contributed by atoms with E-state index in [4.69, 9.17) is 9.47 Å². The number of hydrogen-bond acceptors (Lipinski definition) is 6. The number of esters is 1. The van der Waals surface area contributed by atoms with Crippen molar-refractivity contribution in [2.24, 2.45) is 0 Å². The normalized spacial score (nSPS) is 14.5. The number of carbonyl (C=O) groups is 1. The Kier molecular flexibility index (Phi) is 7.38. The number of rotatable bonds is 8. The third-order valence-corrected chi connectivity index (χ3v) is 6.45. The average molecular weight is 412 g/mol. The second-order valence-corrected chi connectivity index (χ2v) is 9.01. The van der Waals surface area contributed by atoms with E-state index < -0.39 is 16.0 Å². The summed E-state index contributed by atoms with van der Waals surface area (Å²) in [6, 6.07) is 4.23. The minimum atomic E-state index is -3.86. The van der Waals surface area contributed by atoms with E-state index in [9.17, 15) is 13.2 Å². The monoisotopic (exact) mass is 411 g/mol. The van der Waals surface area contributed by atoms with E-state index in [-0.39, 0.29) is 16.6 Å². The second kappa shape index (κ2) is 9.32. The van der Waals surface area contributed by atoms with Crippen molar-refractivity contribution in [1.82, 2.24) is 4.72 Å². The first-order valence-electron chi connectivity index (χ1n) is 8.62. The van der Waals surface area contributed by atoms with Gasteiger partial charge < -0.3 is 9.47 Å². The van der Waals surface area contributed by atoms with Crippen molar-refractivity contribution in [1.29, 1.82) is 0 Å². The van der Waals surface area contributed by atoms with Crippen LogP contribution in [0.25, 0.3) is 0 Å². The highest BCUT2D eigenvalue weighted by Gasteiger charge is 2.25. The molecule has 8 heteroatoms. The van der Waals surface area contributed by atoms with Crippen LogP contribution in [0.3, 0.4) is 0 Å². The molecular weight excluding hydrogens is 386 g/mol. The number of sulfonamides is 1. The van der Waals surface area contributed by atoms with Crippen molar-refractivity contribution in [3.8, 4) is 5.75 Å². The summed E-state index contributed by atoms with van der Waals surface area (Å²) in [4.78, 5) is 12.1. The van der Waals surface area contributed by atoms with E-state index in [0.717, 1.165) is 23.5 Å². The number of methoxy groups -OCH3 is 1. The number of carbonyl (C=O) groups excluding carboxylic acids is 1. The first-order valence-corrected chi connectivity index (χ1v) is 11.3. The first-order chi connectivity index (χ1) is 12.8. The summed E-state index contributed by atoms with van der Waals surface area (Å²) in [6.45, 7) is 5.62. The molecule has 0 bridgehead atoms. The molecule has 0 atom stereocenters. The third kappa shape index (κ3) is 5.52. The van der Waals surface area contributed by atoms with E-state index in [1.165, 1.54) is 25.3 Å². The van der Waals surface area contributed by atoms with Crippen molar-refractivity contribution >= 4 is 27.8 Å². The van der Waals surface area contributed by atoms with Crippen LogP contribution >= 0.6 is 11.8 Å². The minimum Gasteiger partial charge on any atom is -0.488 e. The van der Waals surface area contributed by atoms with Gasteiger partial charge in [-0.2, -0.15) is 11.8 Å². The van der Waals surface area contributed by atoms with Gasteiger partial charge >= 0.3 is 5.97 Å². The number of thioether (sulfide) groups is 1. The predicted molar refractivity (Wildman–Crippen MR) is 108 cm³/mol. The third-order valence-electron chi connectivity index (χ3n) is 3.87. The molecular formula is C19H25NO5S2. The van der Waals surface area contributed by atoms with E-state index >= 15 is 0 Å². The zero-order valence-electron chi connectivity index (χ0n) is 15.9. The van der Waals surface area contributed by atoms with Gasteiger partial charge in [-0.15, -0.1) is 0 Å². The molecule has 1 aromatic carbocycles. The van der Waals surface area contributed by atoms with Gasteiger partial charge in [0, 0.05) is 17.2 Å². The summed E-state index contributed by atoms with van der Waals surface area (Å²) in [5, 5.41) is 0. The standard InChI is InChI=1S/C19H25NO5S2/c1-5-6-7-17(13(2)3)20-27(22,23)15-8-9-18(25-14-11-26-12-14)16(10-15)19(21)24-4/h6-10,14,20H,5,11-12H2,1-4H3/b7-6-. The highest BCUT2D eigenvalue weighted by Crippen LogP contribution is 2.29. The molecule has 0 radical (unpaired) electrons. The van der Waals surface area contributed by atoms with Crippen LogP contribution in [-0.2, 0) is 14.8 Å². The molecule has 1 aromatic rings. The molecule has 6 nitrogen and oxygen atoms in total. The number of nitrogens with one attached hydrogen (secondary N) is 1. The van der Waals surface area contributed by atoms with Gasteiger partial charge in [0.05, 0.1) is 12.0 Å². The van der Waals surface area contributed by atoms with Crippen LogP contribution in [0.1, 0.15) is 37.6 Å². The topological polar surface area (TPSA) is 81.7 Å². The van der Waals surface area contributed by atoms with Gasteiger partial charge in [-0.05, 0) is 44.5 Å². The van der Waals surface area contributed by atoms with E-state index in [2.05, 4.69) is 4.72 Å². The molecule has 27 heavy (non-hydrogen) atoms. The molecule has 1 saturated heterocycles. The van der Waals surface area contributed by atoms with Gasteiger partial charge in [0.1, 0.15) is 17.4 Å². The molecule has 1 heterocycles. The zero-order valence-corrected chi connectivity index (χ0v) is 17.6. The fourth-order valence-corrected chi connectivity index (χ4v) is 4.02. The Bertz CT molecular complexity index is 851. The largest absolute Gasteiger partial charge is 0.488 e. The Morgan fingerprint density at radius 1 is 1.33 bits per heavy atom. The summed E-state index contributed by atoms with van der Waals surface area (Å²) < 4.78 is 38.8. The Labute approximate surface area is 165 Å². The second-order valence-electron chi connectivity index (χ2n) is 6.26. The van der Waals surface area contributed by atoms with E-state index in [0.29, 0.717) is 11.4 Å².